The lowest BCUT2D eigenvalue weighted by Gasteiger charge is -2.12. The number of carbonyl (C=O) groups is 1. The van der Waals surface area contributed by atoms with Crippen LogP contribution < -0.4 is 4.74 Å². The fourth-order valence-electron chi connectivity index (χ4n) is 2.63. The maximum Gasteiger partial charge on any atom is 0.513 e. The molecule has 0 amide bonds. The highest BCUT2D eigenvalue weighted by Crippen LogP contribution is 2.24. The predicted molar refractivity (Wildman–Crippen MR) is 91.9 cm³/mol. The van der Waals surface area contributed by atoms with Gasteiger partial charge in [0.2, 0.25) is 0 Å². The largest absolute Gasteiger partial charge is 0.513 e. The minimum Gasteiger partial charge on any atom is -0.434 e. The summed E-state index contributed by atoms with van der Waals surface area (Å²) in [6.07, 6.45) is 2.81. The molecule has 0 aromatic heterocycles. The van der Waals surface area contributed by atoms with Crippen molar-refractivity contribution in [3.05, 3.63) is 65.2 Å². The molecule has 0 spiro atoms. The second-order valence-corrected chi connectivity index (χ2v) is 5.39. The monoisotopic (exact) mass is 312 g/mol. The molecular formula is C20H24O3. The van der Waals surface area contributed by atoms with Crippen molar-refractivity contribution >= 4 is 6.16 Å². The summed E-state index contributed by atoms with van der Waals surface area (Å²) in [5.41, 5.74) is 3.53. The summed E-state index contributed by atoms with van der Waals surface area (Å²) >= 11 is 0. The summed E-state index contributed by atoms with van der Waals surface area (Å²) in [4.78, 5) is 11.8. The fourth-order valence-corrected chi connectivity index (χ4v) is 2.63. The number of ether oxygens (including phenoxy) is 2. The van der Waals surface area contributed by atoms with Crippen molar-refractivity contribution in [2.24, 2.45) is 0 Å². The molecule has 0 radical (unpaired) electrons. The van der Waals surface area contributed by atoms with Crippen molar-refractivity contribution < 1.29 is 14.3 Å². The average Bonchev–Trinajstić information content (AvgIpc) is 2.59. The lowest BCUT2D eigenvalue weighted by atomic mass is 10.0. The van der Waals surface area contributed by atoms with Gasteiger partial charge >= 0.3 is 6.16 Å². The van der Waals surface area contributed by atoms with E-state index in [1.54, 1.807) is 0 Å². The van der Waals surface area contributed by atoms with E-state index in [9.17, 15) is 4.79 Å². The van der Waals surface area contributed by atoms with Gasteiger partial charge in [-0.3, -0.25) is 0 Å². The van der Waals surface area contributed by atoms with Gasteiger partial charge < -0.3 is 9.47 Å². The van der Waals surface area contributed by atoms with Crippen LogP contribution in [0.3, 0.4) is 0 Å². The highest BCUT2D eigenvalue weighted by Gasteiger charge is 2.11. The first-order valence-electron chi connectivity index (χ1n) is 8.23. The fraction of sp³-hybridized carbons (Fsp3) is 0.350. The van der Waals surface area contributed by atoms with Crippen LogP contribution in [0.1, 0.15) is 37.0 Å². The zero-order chi connectivity index (χ0) is 16.5. The quantitative estimate of drug-likeness (QED) is 0.412. The molecule has 23 heavy (non-hydrogen) atoms. The van der Waals surface area contributed by atoms with Crippen molar-refractivity contribution in [1.82, 2.24) is 0 Å². The lowest BCUT2D eigenvalue weighted by molar-refractivity contribution is 0.0977. The zero-order valence-electron chi connectivity index (χ0n) is 13.9. The molecule has 2 aromatic carbocycles. The zero-order valence-corrected chi connectivity index (χ0v) is 13.9. The number of aryl methyl sites for hydroxylation is 2. The first kappa shape index (κ1) is 17.1. The molecule has 0 saturated heterocycles. The number of hydrogen-bond donors (Lipinski definition) is 0. The predicted octanol–water partition coefficient (Wildman–Crippen LogP) is 4.96. The Labute approximate surface area is 138 Å². The van der Waals surface area contributed by atoms with E-state index in [0.717, 1.165) is 31.2 Å². The summed E-state index contributed by atoms with van der Waals surface area (Å²) < 4.78 is 10.5. The first-order valence-corrected chi connectivity index (χ1v) is 8.23. The van der Waals surface area contributed by atoms with E-state index in [1.165, 1.54) is 11.1 Å². The molecule has 0 aliphatic heterocycles. The van der Waals surface area contributed by atoms with Crippen LogP contribution >= 0.6 is 0 Å². The summed E-state index contributed by atoms with van der Waals surface area (Å²) in [6.45, 7) is 4.52. The van der Waals surface area contributed by atoms with Gasteiger partial charge in [-0.05, 0) is 48.4 Å². The maximum absolute atomic E-state index is 11.8. The number of benzene rings is 2. The molecule has 0 unspecified atom stereocenters. The molecular weight excluding hydrogens is 288 g/mol. The minimum atomic E-state index is -0.624. The van der Waals surface area contributed by atoms with E-state index in [2.05, 4.69) is 32.0 Å². The third-order valence-corrected chi connectivity index (χ3v) is 3.83. The average molecular weight is 312 g/mol. The van der Waals surface area contributed by atoms with Crippen LogP contribution in [-0.4, -0.2) is 12.8 Å². The normalized spacial score (nSPS) is 10.3. The van der Waals surface area contributed by atoms with Gasteiger partial charge in [0.1, 0.15) is 5.75 Å². The molecule has 3 heteroatoms. The number of hydrogen-bond acceptors (Lipinski definition) is 3. The van der Waals surface area contributed by atoms with Crippen LogP contribution in [0.4, 0.5) is 4.79 Å². The van der Waals surface area contributed by atoms with Crippen molar-refractivity contribution in [3.63, 3.8) is 0 Å². The molecule has 122 valence electrons. The third kappa shape index (κ3) is 5.13. The Bertz CT molecular complexity index is 620. The molecule has 0 fully saturated rings. The number of carbonyl (C=O) groups excluding carboxylic acids is 1. The standard InChI is InChI=1S/C20H24O3/c1-3-17-13-8-14-19(18(17)4-2)23-20(21)22-15-9-12-16-10-6-5-7-11-16/h5-8,10-11,13-14H,3-4,9,12,15H2,1-2H3. The summed E-state index contributed by atoms with van der Waals surface area (Å²) in [7, 11) is 0. The second kappa shape index (κ2) is 8.99. The molecule has 0 N–H and O–H groups in total. The molecule has 0 aliphatic rings. The first-order chi connectivity index (χ1) is 11.2. The summed E-state index contributed by atoms with van der Waals surface area (Å²) in [5, 5.41) is 0. The van der Waals surface area contributed by atoms with E-state index in [0.29, 0.717) is 12.4 Å². The highest BCUT2D eigenvalue weighted by atomic mass is 16.7. The van der Waals surface area contributed by atoms with Crippen molar-refractivity contribution in [3.8, 4) is 5.75 Å². The van der Waals surface area contributed by atoms with Crippen molar-refractivity contribution in [1.29, 1.82) is 0 Å². The Morgan fingerprint density at radius 3 is 2.43 bits per heavy atom. The molecule has 2 aromatic rings. The van der Waals surface area contributed by atoms with E-state index >= 15 is 0 Å². The van der Waals surface area contributed by atoms with Gasteiger partial charge in [-0.1, -0.05) is 56.3 Å². The van der Waals surface area contributed by atoms with Gasteiger partial charge in [0.15, 0.2) is 0 Å². The smallest absolute Gasteiger partial charge is 0.434 e. The van der Waals surface area contributed by atoms with Gasteiger partial charge in [0, 0.05) is 0 Å². The van der Waals surface area contributed by atoms with Crippen LogP contribution in [-0.2, 0) is 24.0 Å². The van der Waals surface area contributed by atoms with E-state index in [4.69, 9.17) is 9.47 Å². The van der Waals surface area contributed by atoms with E-state index < -0.39 is 6.16 Å². The Morgan fingerprint density at radius 1 is 0.957 bits per heavy atom. The van der Waals surface area contributed by atoms with Gasteiger partial charge in [0.05, 0.1) is 6.61 Å². The molecule has 0 saturated carbocycles. The molecule has 2 rings (SSSR count). The Kier molecular flexibility index (Phi) is 6.67. The topological polar surface area (TPSA) is 35.5 Å². The SMILES string of the molecule is CCc1cccc(OC(=O)OCCCc2ccccc2)c1CC. The van der Waals surface area contributed by atoms with Gasteiger partial charge in [-0.15, -0.1) is 0 Å². The molecule has 0 atom stereocenters. The summed E-state index contributed by atoms with van der Waals surface area (Å²) in [5.74, 6) is 0.611. The second-order valence-electron chi connectivity index (χ2n) is 5.39. The lowest BCUT2D eigenvalue weighted by Crippen LogP contribution is -2.13. The third-order valence-electron chi connectivity index (χ3n) is 3.83. The molecule has 0 bridgehead atoms. The molecule has 0 aliphatic carbocycles. The van der Waals surface area contributed by atoms with Crippen LogP contribution in [0.5, 0.6) is 5.75 Å². The molecule has 0 heterocycles. The van der Waals surface area contributed by atoms with Gasteiger partial charge in [-0.25, -0.2) is 4.79 Å². The Balaban J connectivity index is 1.81. The van der Waals surface area contributed by atoms with Gasteiger partial charge in [-0.2, -0.15) is 0 Å². The molecule has 3 nitrogen and oxygen atoms in total. The van der Waals surface area contributed by atoms with Crippen LogP contribution in [0, 0.1) is 0 Å². The van der Waals surface area contributed by atoms with Gasteiger partial charge in [0.25, 0.3) is 0 Å². The van der Waals surface area contributed by atoms with Crippen LogP contribution in [0.15, 0.2) is 48.5 Å². The van der Waals surface area contributed by atoms with Crippen LogP contribution in [0.2, 0.25) is 0 Å². The van der Waals surface area contributed by atoms with Crippen molar-refractivity contribution in [2.75, 3.05) is 6.61 Å². The van der Waals surface area contributed by atoms with E-state index in [1.807, 2.05) is 30.3 Å². The van der Waals surface area contributed by atoms with Crippen molar-refractivity contribution in [2.45, 2.75) is 39.5 Å². The highest BCUT2D eigenvalue weighted by molar-refractivity contribution is 5.65. The summed E-state index contributed by atoms with van der Waals surface area (Å²) in [6, 6.07) is 16.0. The Hall–Kier alpha value is -2.29. The number of rotatable bonds is 7. The maximum atomic E-state index is 11.8. The van der Waals surface area contributed by atoms with E-state index in [-0.39, 0.29) is 0 Å². The van der Waals surface area contributed by atoms with Crippen LogP contribution in [0.25, 0.3) is 0 Å². The minimum absolute atomic E-state index is 0.364. The Morgan fingerprint density at radius 2 is 1.74 bits per heavy atom.